The lowest BCUT2D eigenvalue weighted by Crippen LogP contribution is -2.41. The molecule has 2 aromatic heterocycles. The molecular weight excluding hydrogens is 635 g/mol. The van der Waals surface area contributed by atoms with Crippen LogP contribution in [0.25, 0.3) is 11.1 Å². The Kier molecular flexibility index (Phi) is 10.9. The number of halogens is 5. The van der Waals surface area contributed by atoms with E-state index < -0.39 is 59.3 Å². The van der Waals surface area contributed by atoms with Crippen LogP contribution in [0.3, 0.4) is 0 Å². The highest BCUT2D eigenvalue weighted by molar-refractivity contribution is 5.82. The van der Waals surface area contributed by atoms with Crippen molar-refractivity contribution >= 4 is 11.9 Å². The van der Waals surface area contributed by atoms with Crippen LogP contribution in [-0.2, 0) is 28.7 Å². The summed E-state index contributed by atoms with van der Waals surface area (Å²) in [6.45, 7) is 8.41. The minimum absolute atomic E-state index is 0.00497. The van der Waals surface area contributed by atoms with Crippen molar-refractivity contribution in [2.24, 2.45) is 5.92 Å². The average Bonchev–Trinajstić information content (AvgIpc) is 3.49. The van der Waals surface area contributed by atoms with E-state index in [1.54, 1.807) is 46.0 Å². The first-order valence-corrected chi connectivity index (χ1v) is 15.3. The zero-order valence-electron chi connectivity index (χ0n) is 27.2. The lowest BCUT2D eigenvalue weighted by molar-refractivity contribution is -0.139. The van der Waals surface area contributed by atoms with Gasteiger partial charge in [0.1, 0.15) is 17.7 Å². The zero-order chi connectivity index (χ0) is 35.5. The number of benzene rings is 2. The van der Waals surface area contributed by atoms with E-state index in [2.05, 4.69) is 10.4 Å². The van der Waals surface area contributed by atoms with Gasteiger partial charge in [-0.05, 0) is 103 Å². The summed E-state index contributed by atoms with van der Waals surface area (Å²) in [4.78, 5) is 39.2. The fraction of sp³-hybridized carbons (Fsp3) is 0.371. The number of aliphatic carboxylic acids is 1. The van der Waals surface area contributed by atoms with Crippen molar-refractivity contribution in [3.8, 4) is 11.1 Å². The van der Waals surface area contributed by atoms with Gasteiger partial charge in [0.2, 0.25) is 5.91 Å². The number of hydrogen-bond acceptors (Lipinski definition) is 4. The molecule has 0 bridgehead atoms. The molecule has 0 saturated heterocycles. The molecule has 13 heteroatoms. The standard InChI is InChI=1S/C35H37F5N4O4/c1-19(2)11-29(44-18-23(7-10-43-9-6-8-41-43)27(16-30(44)45)35(38,39)40)34(48)42-28(17-31(46)47)26-15-24(12-22(5)33(26)37)32-20(3)13-25(36)14-21(32)4/h6,8-9,12-16,18-19,28-29H,7,10-11,17H2,1-5H3,(H,42,48)(H,46,47). The van der Waals surface area contributed by atoms with Crippen LogP contribution in [0.1, 0.15) is 72.2 Å². The molecule has 4 rings (SSSR count). The largest absolute Gasteiger partial charge is 0.481 e. The number of alkyl halides is 3. The second-order valence-electron chi connectivity index (χ2n) is 12.4. The number of aryl methyl sites for hydroxylation is 5. The molecule has 256 valence electrons. The van der Waals surface area contributed by atoms with Gasteiger partial charge in [-0.25, -0.2) is 8.78 Å². The van der Waals surface area contributed by atoms with Crippen molar-refractivity contribution in [2.75, 3.05) is 0 Å². The molecule has 0 aliphatic carbocycles. The summed E-state index contributed by atoms with van der Waals surface area (Å²) in [7, 11) is 0. The smallest absolute Gasteiger partial charge is 0.416 e. The Balaban J connectivity index is 1.79. The molecule has 0 radical (unpaired) electrons. The highest BCUT2D eigenvalue weighted by Gasteiger charge is 2.36. The fourth-order valence-corrected chi connectivity index (χ4v) is 6.00. The summed E-state index contributed by atoms with van der Waals surface area (Å²) < 4.78 is 74.2. The normalized spacial score (nSPS) is 13.1. The average molecular weight is 673 g/mol. The maximum absolute atomic E-state index is 15.7. The van der Waals surface area contributed by atoms with Crippen molar-refractivity contribution in [1.82, 2.24) is 19.7 Å². The van der Waals surface area contributed by atoms with E-state index in [0.29, 0.717) is 28.3 Å². The van der Waals surface area contributed by atoms with Gasteiger partial charge < -0.3 is 15.0 Å². The van der Waals surface area contributed by atoms with Crippen LogP contribution in [0.2, 0.25) is 0 Å². The van der Waals surface area contributed by atoms with E-state index in [4.69, 9.17) is 0 Å². The van der Waals surface area contributed by atoms with E-state index in [-0.39, 0.29) is 42.0 Å². The predicted octanol–water partition coefficient (Wildman–Crippen LogP) is 7.10. The topological polar surface area (TPSA) is 106 Å². The molecular formula is C35H37F5N4O4. The molecule has 2 unspecified atom stereocenters. The number of carboxylic acid groups (broad SMARTS) is 1. The second kappa shape index (κ2) is 14.5. The molecule has 8 nitrogen and oxygen atoms in total. The van der Waals surface area contributed by atoms with Crippen LogP contribution < -0.4 is 10.9 Å². The molecule has 2 N–H and O–H groups in total. The molecule has 48 heavy (non-hydrogen) atoms. The van der Waals surface area contributed by atoms with Crippen molar-refractivity contribution in [3.63, 3.8) is 0 Å². The van der Waals surface area contributed by atoms with Crippen molar-refractivity contribution in [1.29, 1.82) is 0 Å². The number of carboxylic acids is 1. The third-order valence-corrected chi connectivity index (χ3v) is 8.11. The van der Waals surface area contributed by atoms with Gasteiger partial charge in [0.25, 0.3) is 5.56 Å². The third kappa shape index (κ3) is 8.36. The molecule has 2 atom stereocenters. The second-order valence-corrected chi connectivity index (χ2v) is 12.4. The van der Waals surface area contributed by atoms with Crippen LogP contribution in [0.5, 0.6) is 0 Å². The minimum atomic E-state index is -4.85. The number of amides is 1. The quantitative estimate of drug-likeness (QED) is 0.156. The van der Waals surface area contributed by atoms with Crippen LogP contribution in [0.15, 0.2) is 59.8 Å². The lowest BCUT2D eigenvalue weighted by atomic mass is 9.90. The first kappa shape index (κ1) is 36.0. The molecule has 0 aliphatic heterocycles. The van der Waals surface area contributed by atoms with Crippen LogP contribution >= 0.6 is 0 Å². The highest BCUT2D eigenvalue weighted by Crippen LogP contribution is 2.35. The Bertz CT molecular complexity index is 1840. The SMILES string of the molecule is Cc1cc(-c2c(C)cc(F)cc2C)cc(C(CC(=O)O)NC(=O)C(CC(C)C)n2cc(CCn3cccn3)c(C(F)(F)F)cc2=O)c1F. The summed E-state index contributed by atoms with van der Waals surface area (Å²) in [5.41, 5.74) is -0.241. The maximum Gasteiger partial charge on any atom is 0.416 e. The van der Waals surface area contributed by atoms with E-state index in [0.717, 1.165) is 10.8 Å². The number of aromatic nitrogens is 3. The van der Waals surface area contributed by atoms with Crippen LogP contribution in [0.4, 0.5) is 22.0 Å². The number of nitrogens with zero attached hydrogens (tertiary/aromatic N) is 3. The van der Waals surface area contributed by atoms with Gasteiger partial charge in [0.05, 0.1) is 18.0 Å². The van der Waals surface area contributed by atoms with E-state index in [1.165, 1.54) is 36.0 Å². The van der Waals surface area contributed by atoms with Gasteiger partial charge in [0.15, 0.2) is 0 Å². The van der Waals surface area contributed by atoms with Crippen LogP contribution in [-0.4, -0.2) is 31.3 Å². The van der Waals surface area contributed by atoms with Crippen molar-refractivity contribution in [3.05, 3.63) is 110 Å². The van der Waals surface area contributed by atoms with E-state index in [1.807, 2.05) is 0 Å². The summed E-state index contributed by atoms with van der Waals surface area (Å²) >= 11 is 0. The third-order valence-electron chi connectivity index (χ3n) is 8.11. The zero-order valence-corrected chi connectivity index (χ0v) is 27.2. The number of pyridine rings is 1. The molecule has 2 heterocycles. The number of carbonyl (C=O) groups excluding carboxylic acids is 1. The Labute approximate surface area is 274 Å². The Morgan fingerprint density at radius 2 is 1.67 bits per heavy atom. The minimum Gasteiger partial charge on any atom is -0.481 e. The van der Waals surface area contributed by atoms with Gasteiger partial charge >= 0.3 is 12.1 Å². The van der Waals surface area contributed by atoms with Gasteiger partial charge in [-0.1, -0.05) is 13.8 Å². The first-order chi connectivity index (χ1) is 22.5. The van der Waals surface area contributed by atoms with E-state index in [9.17, 15) is 37.1 Å². The van der Waals surface area contributed by atoms with Crippen molar-refractivity contribution < 1.29 is 36.6 Å². The van der Waals surface area contributed by atoms with Gasteiger partial charge in [-0.15, -0.1) is 0 Å². The highest BCUT2D eigenvalue weighted by atomic mass is 19.4. The number of hydrogen-bond donors (Lipinski definition) is 2. The summed E-state index contributed by atoms with van der Waals surface area (Å²) in [5, 5.41) is 16.4. The molecule has 2 aromatic carbocycles. The summed E-state index contributed by atoms with van der Waals surface area (Å²) in [5.74, 6) is -3.68. The van der Waals surface area contributed by atoms with Gasteiger partial charge in [-0.2, -0.15) is 18.3 Å². The summed E-state index contributed by atoms with van der Waals surface area (Å²) in [6.07, 6.45) is -1.67. The molecule has 0 spiro atoms. The number of carbonyl (C=O) groups is 2. The summed E-state index contributed by atoms with van der Waals surface area (Å²) in [6, 6.07) is 4.87. The Hall–Kier alpha value is -4.81. The predicted molar refractivity (Wildman–Crippen MR) is 169 cm³/mol. The van der Waals surface area contributed by atoms with Gasteiger partial charge in [0, 0.05) is 36.8 Å². The monoisotopic (exact) mass is 672 g/mol. The fourth-order valence-electron chi connectivity index (χ4n) is 6.00. The molecule has 4 aromatic rings. The Morgan fingerprint density at radius 1 is 1.00 bits per heavy atom. The molecule has 0 aliphatic rings. The molecule has 0 saturated carbocycles. The lowest BCUT2D eigenvalue weighted by Gasteiger charge is -2.27. The molecule has 0 fully saturated rings. The van der Waals surface area contributed by atoms with E-state index >= 15 is 4.39 Å². The van der Waals surface area contributed by atoms with Crippen molar-refractivity contribution in [2.45, 2.75) is 78.7 Å². The number of nitrogens with one attached hydrogen (secondary N) is 1. The number of rotatable bonds is 12. The van der Waals surface area contributed by atoms with Crippen LogP contribution in [0, 0.1) is 38.3 Å². The Morgan fingerprint density at radius 3 is 2.23 bits per heavy atom. The molecule has 1 amide bonds. The maximum atomic E-state index is 15.7. The first-order valence-electron chi connectivity index (χ1n) is 15.3. The van der Waals surface area contributed by atoms with Gasteiger partial charge in [-0.3, -0.25) is 19.1 Å².